The standard InChI is InChI=1S/C26H26I2/c27-17-5-1-15(2-6-17)25-9-19-22-12-26(16-3-7-18(28)8-4-16)13-23(19)21(11-25)24(14-26)20(22)10-25/h1-8,19-24H,9-14H2/t19-,20-,21?,22-,23?,24?,25?,26+/m1/s1. The molecular weight excluding hydrogens is 566 g/mol. The van der Waals surface area contributed by atoms with Crippen LogP contribution in [0.4, 0.5) is 0 Å². The van der Waals surface area contributed by atoms with Crippen LogP contribution in [0.3, 0.4) is 0 Å². The normalized spacial score (nSPS) is 47.1. The van der Waals surface area contributed by atoms with Crippen molar-refractivity contribution >= 4 is 45.2 Å². The molecule has 0 heterocycles. The zero-order valence-corrected chi connectivity index (χ0v) is 20.4. The number of rotatable bonds is 2. The molecule has 0 N–H and O–H groups in total. The van der Waals surface area contributed by atoms with Crippen molar-refractivity contribution in [2.75, 3.05) is 0 Å². The summed E-state index contributed by atoms with van der Waals surface area (Å²) < 4.78 is 2.76. The van der Waals surface area contributed by atoms with Crippen LogP contribution in [0.1, 0.15) is 49.7 Å². The van der Waals surface area contributed by atoms with Gasteiger partial charge in [-0.3, -0.25) is 0 Å². The van der Waals surface area contributed by atoms with Crippen molar-refractivity contribution in [3.63, 3.8) is 0 Å². The third-order valence-electron chi connectivity index (χ3n) is 9.97. The highest BCUT2D eigenvalue weighted by Gasteiger charge is 2.70. The van der Waals surface area contributed by atoms with Crippen molar-refractivity contribution in [3.05, 3.63) is 66.8 Å². The predicted octanol–water partition coefficient (Wildman–Crippen LogP) is 7.18. The Morgan fingerprint density at radius 2 is 0.714 bits per heavy atom. The first-order chi connectivity index (χ1) is 13.6. The number of halogens is 2. The molecule has 8 bridgehead atoms. The van der Waals surface area contributed by atoms with Crippen LogP contribution in [0.5, 0.6) is 0 Å². The molecule has 2 aromatic carbocycles. The summed E-state index contributed by atoms with van der Waals surface area (Å²) in [5, 5.41) is 0. The van der Waals surface area contributed by atoms with Crippen LogP contribution in [-0.2, 0) is 10.8 Å². The molecule has 0 aromatic heterocycles. The van der Waals surface area contributed by atoms with E-state index < -0.39 is 0 Å². The summed E-state index contributed by atoms with van der Waals surface area (Å²) in [6.07, 6.45) is 8.95. The maximum atomic E-state index is 2.47. The first kappa shape index (κ1) is 17.6. The topological polar surface area (TPSA) is 0 Å². The molecular formula is C26H26I2. The zero-order valence-electron chi connectivity index (χ0n) is 16.1. The van der Waals surface area contributed by atoms with Gasteiger partial charge in [0, 0.05) is 7.14 Å². The van der Waals surface area contributed by atoms with E-state index in [1.54, 1.807) is 11.1 Å². The minimum Gasteiger partial charge on any atom is -0.0574 e. The lowest BCUT2D eigenvalue weighted by Gasteiger charge is -2.75. The fraction of sp³-hybridized carbons (Fsp3) is 0.538. The second-order valence-corrected chi connectivity index (χ2v) is 13.3. The van der Waals surface area contributed by atoms with Gasteiger partial charge in [-0.25, -0.2) is 0 Å². The largest absolute Gasteiger partial charge is 0.0574 e. The van der Waals surface area contributed by atoms with E-state index in [0.717, 1.165) is 35.5 Å². The van der Waals surface area contributed by atoms with Gasteiger partial charge in [0.15, 0.2) is 0 Å². The van der Waals surface area contributed by atoms with Crippen molar-refractivity contribution in [2.24, 2.45) is 35.5 Å². The predicted molar refractivity (Wildman–Crippen MR) is 130 cm³/mol. The van der Waals surface area contributed by atoms with Crippen LogP contribution in [-0.4, -0.2) is 0 Å². The lowest BCUT2D eigenvalue weighted by atomic mass is 9.29. The molecule has 2 heteroatoms. The fourth-order valence-corrected chi connectivity index (χ4v) is 9.96. The molecule has 7 aliphatic carbocycles. The van der Waals surface area contributed by atoms with E-state index in [0.29, 0.717) is 10.8 Å². The van der Waals surface area contributed by atoms with Gasteiger partial charge in [0.05, 0.1) is 0 Å². The first-order valence-electron chi connectivity index (χ1n) is 11.1. The van der Waals surface area contributed by atoms with Crippen LogP contribution in [0.25, 0.3) is 0 Å². The van der Waals surface area contributed by atoms with Crippen molar-refractivity contribution < 1.29 is 0 Å². The average molecular weight is 592 g/mol. The smallest absolute Gasteiger partial charge is 0.0130 e. The maximum Gasteiger partial charge on any atom is 0.0130 e. The van der Waals surface area contributed by atoms with E-state index in [1.807, 2.05) is 0 Å². The second-order valence-electron chi connectivity index (χ2n) is 10.8. The van der Waals surface area contributed by atoms with Crippen molar-refractivity contribution in [1.29, 1.82) is 0 Å². The zero-order chi connectivity index (χ0) is 18.7. The van der Waals surface area contributed by atoms with Gasteiger partial charge in [-0.1, -0.05) is 24.3 Å². The Balaban J connectivity index is 1.28. The van der Waals surface area contributed by atoms with Crippen LogP contribution >= 0.6 is 45.2 Å². The van der Waals surface area contributed by atoms with Gasteiger partial charge in [0.2, 0.25) is 0 Å². The molecule has 0 atom stereocenters. The third kappa shape index (κ3) is 2.18. The molecule has 0 aliphatic heterocycles. The summed E-state index contributed by atoms with van der Waals surface area (Å²) in [4.78, 5) is 0. The van der Waals surface area contributed by atoms with Crippen LogP contribution in [0.15, 0.2) is 48.5 Å². The highest BCUT2D eigenvalue weighted by Crippen LogP contribution is 2.77. The second kappa shape index (κ2) is 5.77. The molecule has 144 valence electrons. The molecule has 0 amide bonds. The number of benzene rings is 2. The molecule has 9 rings (SSSR count). The number of hydrogen-bond donors (Lipinski definition) is 0. The molecule has 0 saturated heterocycles. The molecule has 0 radical (unpaired) electrons. The highest BCUT2D eigenvalue weighted by atomic mass is 127. The molecule has 28 heavy (non-hydrogen) atoms. The molecule has 7 aliphatic rings. The minimum atomic E-state index is 0.522. The molecule has 7 saturated carbocycles. The van der Waals surface area contributed by atoms with E-state index in [4.69, 9.17) is 0 Å². The van der Waals surface area contributed by atoms with E-state index >= 15 is 0 Å². The summed E-state index contributed by atoms with van der Waals surface area (Å²) in [6.45, 7) is 0. The summed E-state index contributed by atoms with van der Waals surface area (Å²) in [5.74, 6) is 6.11. The van der Waals surface area contributed by atoms with E-state index in [-0.39, 0.29) is 0 Å². The van der Waals surface area contributed by atoms with E-state index in [1.165, 1.54) is 45.7 Å². The molecule has 0 unspecified atom stereocenters. The maximum absolute atomic E-state index is 2.47. The lowest BCUT2D eigenvalue weighted by Crippen LogP contribution is -2.69. The Labute approximate surface area is 195 Å². The molecule has 7 fully saturated rings. The molecule has 2 aromatic rings. The number of hydrogen-bond acceptors (Lipinski definition) is 0. The molecule has 0 nitrogen and oxygen atoms in total. The lowest BCUT2D eigenvalue weighted by molar-refractivity contribution is -0.221. The Kier molecular flexibility index (Phi) is 3.62. The Morgan fingerprint density at radius 1 is 0.464 bits per heavy atom. The summed E-state index contributed by atoms with van der Waals surface area (Å²) in [6, 6.07) is 19.3. The summed E-state index contributed by atoms with van der Waals surface area (Å²) >= 11 is 4.91. The summed E-state index contributed by atoms with van der Waals surface area (Å²) in [5.41, 5.74) is 4.39. The van der Waals surface area contributed by atoms with Gasteiger partial charge in [-0.2, -0.15) is 0 Å². The average Bonchev–Trinajstić information content (AvgIpc) is 2.72. The monoisotopic (exact) mass is 592 g/mol. The Morgan fingerprint density at radius 3 is 0.964 bits per heavy atom. The first-order valence-corrected chi connectivity index (χ1v) is 13.2. The van der Waals surface area contributed by atoms with Gasteiger partial charge < -0.3 is 0 Å². The van der Waals surface area contributed by atoms with Gasteiger partial charge in [0.25, 0.3) is 0 Å². The van der Waals surface area contributed by atoms with Gasteiger partial charge in [-0.05, 0) is 165 Å². The van der Waals surface area contributed by atoms with Crippen LogP contribution in [0, 0.1) is 42.6 Å². The van der Waals surface area contributed by atoms with Crippen LogP contribution in [0.2, 0.25) is 0 Å². The SMILES string of the molecule is Ic1ccc(C23CC4C5C[C@]6(c7ccc(I)cc7)CC4[C@H](C2)[C@H](C6)[C@H]5C3)cc1. The van der Waals surface area contributed by atoms with Gasteiger partial charge >= 0.3 is 0 Å². The van der Waals surface area contributed by atoms with E-state index in [2.05, 4.69) is 93.7 Å². The third-order valence-corrected chi connectivity index (χ3v) is 11.4. The van der Waals surface area contributed by atoms with Gasteiger partial charge in [-0.15, -0.1) is 0 Å². The fourth-order valence-electron chi connectivity index (χ4n) is 9.24. The summed E-state index contributed by atoms with van der Waals surface area (Å²) in [7, 11) is 0. The Hall–Kier alpha value is -0.100. The quantitative estimate of drug-likeness (QED) is 0.325. The van der Waals surface area contributed by atoms with Crippen molar-refractivity contribution in [3.8, 4) is 0 Å². The van der Waals surface area contributed by atoms with Crippen molar-refractivity contribution in [2.45, 2.75) is 49.4 Å². The Bertz CT molecular complexity index is 799. The highest BCUT2D eigenvalue weighted by molar-refractivity contribution is 14.1. The van der Waals surface area contributed by atoms with Crippen molar-refractivity contribution in [1.82, 2.24) is 0 Å². The minimum absolute atomic E-state index is 0.522. The van der Waals surface area contributed by atoms with Crippen LogP contribution < -0.4 is 0 Å². The molecule has 0 spiro atoms. The van der Waals surface area contributed by atoms with E-state index in [9.17, 15) is 0 Å². The van der Waals surface area contributed by atoms with Gasteiger partial charge in [0.1, 0.15) is 0 Å².